The predicted molar refractivity (Wildman–Crippen MR) is 70.9 cm³/mol. The van der Waals surface area contributed by atoms with Crippen LogP contribution in [0.25, 0.3) is 0 Å². The number of aromatic nitrogens is 1. The Balaban J connectivity index is 2.11. The molecule has 1 aliphatic heterocycles. The van der Waals surface area contributed by atoms with E-state index in [1.807, 2.05) is 0 Å². The Hall–Kier alpha value is -1.00. The minimum atomic E-state index is -0.253. The van der Waals surface area contributed by atoms with Gasteiger partial charge in [0, 0.05) is 24.8 Å². The van der Waals surface area contributed by atoms with Gasteiger partial charge in [0.05, 0.1) is 6.20 Å². The molecule has 3 nitrogen and oxygen atoms in total. The lowest BCUT2D eigenvalue weighted by Gasteiger charge is -2.38. The molecule has 2 unspecified atom stereocenters. The summed E-state index contributed by atoms with van der Waals surface area (Å²) in [6.45, 7) is 7.42. The Morgan fingerprint density at radius 3 is 3.00 bits per heavy atom. The third kappa shape index (κ3) is 3.06. The number of hydrogen-bond donors (Lipinski definition) is 1. The van der Waals surface area contributed by atoms with Gasteiger partial charge in [-0.25, -0.2) is 4.39 Å². The van der Waals surface area contributed by atoms with Gasteiger partial charge in [0.1, 0.15) is 5.82 Å². The van der Waals surface area contributed by atoms with Crippen LogP contribution in [0.3, 0.4) is 0 Å². The van der Waals surface area contributed by atoms with Gasteiger partial charge >= 0.3 is 0 Å². The van der Waals surface area contributed by atoms with Gasteiger partial charge in [-0.15, -0.1) is 0 Å². The Morgan fingerprint density at radius 1 is 1.56 bits per heavy atom. The first kappa shape index (κ1) is 13.4. The highest BCUT2D eigenvalue weighted by atomic mass is 19.1. The van der Waals surface area contributed by atoms with Crippen LogP contribution in [0.1, 0.15) is 38.3 Å². The smallest absolute Gasteiger partial charge is 0.141 e. The van der Waals surface area contributed by atoms with Gasteiger partial charge in [0.15, 0.2) is 0 Å². The Kier molecular flexibility index (Phi) is 4.66. The molecule has 0 saturated carbocycles. The van der Waals surface area contributed by atoms with Gasteiger partial charge in [-0.2, -0.15) is 0 Å². The summed E-state index contributed by atoms with van der Waals surface area (Å²) in [4.78, 5) is 6.38. The average Bonchev–Trinajstić information content (AvgIpc) is 2.41. The Labute approximate surface area is 108 Å². The van der Waals surface area contributed by atoms with Gasteiger partial charge in [-0.3, -0.25) is 9.88 Å². The molecule has 1 aromatic heterocycles. The van der Waals surface area contributed by atoms with Crippen LogP contribution in [0.5, 0.6) is 0 Å². The first-order chi connectivity index (χ1) is 8.72. The molecule has 100 valence electrons. The minimum absolute atomic E-state index is 0.211. The van der Waals surface area contributed by atoms with Crippen molar-refractivity contribution in [1.29, 1.82) is 0 Å². The van der Waals surface area contributed by atoms with Crippen LogP contribution in [0.2, 0.25) is 0 Å². The zero-order valence-electron chi connectivity index (χ0n) is 11.2. The Bertz CT molecular complexity index is 377. The maximum absolute atomic E-state index is 13.2. The summed E-state index contributed by atoms with van der Waals surface area (Å²) < 4.78 is 13.2. The highest BCUT2D eigenvalue weighted by molar-refractivity contribution is 5.15. The molecular formula is C14H22FN3. The van der Waals surface area contributed by atoms with Crippen molar-refractivity contribution < 1.29 is 4.39 Å². The quantitative estimate of drug-likeness (QED) is 0.890. The SMILES string of the molecule is CCN(C1CCCNC1)C(C)c1cncc(F)c1. The van der Waals surface area contributed by atoms with E-state index in [0.29, 0.717) is 6.04 Å². The maximum Gasteiger partial charge on any atom is 0.141 e. The lowest BCUT2D eigenvalue weighted by molar-refractivity contribution is 0.127. The fourth-order valence-electron chi connectivity index (χ4n) is 2.81. The summed E-state index contributed by atoms with van der Waals surface area (Å²) in [6.07, 6.45) is 5.46. The fraction of sp³-hybridized carbons (Fsp3) is 0.643. The predicted octanol–water partition coefficient (Wildman–Crippen LogP) is 2.36. The van der Waals surface area contributed by atoms with Gasteiger partial charge in [0.2, 0.25) is 0 Å². The summed E-state index contributed by atoms with van der Waals surface area (Å²) in [7, 11) is 0. The van der Waals surface area contributed by atoms with Gasteiger partial charge in [0.25, 0.3) is 0 Å². The van der Waals surface area contributed by atoms with E-state index in [1.165, 1.54) is 19.0 Å². The molecule has 1 aromatic rings. The molecule has 1 N–H and O–H groups in total. The van der Waals surface area contributed by atoms with Crippen LogP contribution in [0.15, 0.2) is 18.5 Å². The molecule has 0 amide bonds. The minimum Gasteiger partial charge on any atom is -0.315 e. The van der Waals surface area contributed by atoms with E-state index in [2.05, 4.69) is 29.0 Å². The van der Waals surface area contributed by atoms with Crippen molar-refractivity contribution in [1.82, 2.24) is 15.2 Å². The lowest BCUT2D eigenvalue weighted by atomic mass is 10.0. The standard InChI is InChI=1S/C14H22FN3/c1-3-18(14-5-4-6-16-10-14)11(2)12-7-13(15)9-17-8-12/h7-9,11,14,16H,3-6,10H2,1-2H3. The molecule has 1 fully saturated rings. The molecule has 2 rings (SSSR count). The molecule has 0 aliphatic carbocycles. The zero-order valence-corrected chi connectivity index (χ0v) is 11.2. The van der Waals surface area contributed by atoms with Crippen LogP contribution >= 0.6 is 0 Å². The van der Waals surface area contributed by atoms with Crippen molar-refractivity contribution in [2.24, 2.45) is 0 Å². The van der Waals surface area contributed by atoms with Crippen molar-refractivity contribution in [2.45, 2.75) is 38.8 Å². The number of pyridine rings is 1. The number of halogens is 1. The van der Waals surface area contributed by atoms with E-state index in [-0.39, 0.29) is 11.9 Å². The third-order valence-corrected chi connectivity index (χ3v) is 3.81. The summed E-state index contributed by atoms with van der Waals surface area (Å²) in [5, 5.41) is 3.44. The van der Waals surface area contributed by atoms with E-state index in [0.717, 1.165) is 25.2 Å². The number of hydrogen-bond acceptors (Lipinski definition) is 3. The summed E-state index contributed by atoms with van der Waals surface area (Å²) in [5.74, 6) is -0.253. The van der Waals surface area contributed by atoms with Crippen molar-refractivity contribution in [3.05, 3.63) is 29.8 Å². The monoisotopic (exact) mass is 251 g/mol. The summed E-state index contributed by atoms with van der Waals surface area (Å²) in [5.41, 5.74) is 0.961. The summed E-state index contributed by atoms with van der Waals surface area (Å²) >= 11 is 0. The topological polar surface area (TPSA) is 28.2 Å². The van der Waals surface area contributed by atoms with Crippen LogP contribution in [0, 0.1) is 5.82 Å². The molecule has 0 aromatic carbocycles. The second kappa shape index (κ2) is 6.25. The fourth-order valence-corrected chi connectivity index (χ4v) is 2.81. The van der Waals surface area contributed by atoms with Crippen molar-refractivity contribution in [3.8, 4) is 0 Å². The first-order valence-electron chi connectivity index (χ1n) is 6.79. The lowest BCUT2D eigenvalue weighted by Crippen LogP contribution is -2.46. The molecule has 2 atom stereocenters. The maximum atomic E-state index is 13.2. The summed E-state index contributed by atoms with van der Waals surface area (Å²) in [6, 6.07) is 2.35. The highest BCUT2D eigenvalue weighted by Crippen LogP contribution is 2.24. The molecule has 0 bridgehead atoms. The van der Waals surface area contributed by atoms with Crippen molar-refractivity contribution in [2.75, 3.05) is 19.6 Å². The van der Waals surface area contributed by atoms with Gasteiger partial charge in [-0.05, 0) is 44.5 Å². The number of likely N-dealkylation sites (N-methyl/N-ethyl adjacent to an activating group) is 1. The van der Waals surface area contributed by atoms with Gasteiger partial charge < -0.3 is 5.32 Å². The molecule has 0 radical (unpaired) electrons. The third-order valence-electron chi connectivity index (χ3n) is 3.81. The normalized spacial score (nSPS) is 22.1. The van der Waals surface area contributed by atoms with E-state index < -0.39 is 0 Å². The van der Waals surface area contributed by atoms with Crippen LogP contribution in [0.4, 0.5) is 4.39 Å². The molecule has 1 saturated heterocycles. The molecule has 18 heavy (non-hydrogen) atoms. The second-order valence-electron chi connectivity index (χ2n) is 4.94. The number of nitrogens with zero attached hydrogens (tertiary/aromatic N) is 2. The molecule has 0 spiro atoms. The van der Waals surface area contributed by atoms with Crippen molar-refractivity contribution >= 4 is 0 Å². The van der Waals surface area contributed by atoms with E-state index in [4.69, 9.17) is 0 Å². The average molecular weight is 251 g/mol. The molecule has 2 heterocycles. The van der Waals surface area contributed by atoms with Crippen LogP contribution in [-0.4, -0.2) is 35.6 Å². The number of rotatable bonds is 4. The number of piperidine rings is 1. The Morgan fingerprint density at radius 2 is 2.39 bits per heavy atom. The largest absolute Gasteiger partial charge is 0.315 e. The second-order valence-corrected chi connectivity index (χ2v) is 4.94. The van der Waals surface area contributed by atoms with E-state index >= 15 is 0 Å². The van der Waals surface area contributed by atoms with E-state index in [9.17, 15) is 4.39 Å². The molecule has 1 aliphatic rings. The van der Waals surface area contributed by atoms with Crippen LogP contribution < -0.4 is 5.32 Å². The first-order valence-corrected chi connectivity index (χ1v) is 6.79. The van der Waals surface area contributed by atoms with E-state index in [1.54, 1.807) is 12.3 Å². The highest BCUT2D eigenvalue weighted by Gasteiger charge is 2.24. The zero-order chi connectivity index (χ0) is 13.0. The van der Waals surface area contributed by atoms with Crippen molar-refractivity contribution in [3.63, 3.8) is 0 Å². The number of nitrogens with one attached hydrogen (secondary N) is 1. The van der Waals surface area contributed by atoms with Gasteiger partial charge in [-0.1, -0.05) is 6.92 Å². The molecular weight excluding hydrogens is 229 g/mol. The molecule has 4 heteroatoms. The van der Waals surface area contributed by atoms with Crippen LogP contribution in [-0.2, 0) is 0 Å².